The molecule has 0 heterocycles. The van der Waals surface area contributed by atoms with E-state index in [4.69, 9.17) is 0 Å². The number of rotatable bonds is 4. The highest BCUT2D eigenvalue weighted by Gasteiger charge is 2.23. The Morgan fingerprint density at radius 1 is 1.33 bits per heavy atom. The standard InChI is InChI=1S/C13H17NO4/c1-9(2)14(8-12(16)18-3)13(17)10-6-4-5-7-11(10)15/h4-7,9,15H,8H2,1-3H3. The first-order chi connectivity index (χ1) is 8.47. The first-order valence-corrected chi connectivity index (χ1v) is 5.63. The van der Waals surface area contributed by atoms with Gasteiger partial charge in [-0.2, -0.15) is 0 Å². The Kier molecular flexibility index (Phi) is 4.71. The Balaban J connectivity index is 2.97. The second kappa shape index (κ2) is 6.05. The number of nitrogens with zero attached hydrogens (tertiary/aromatic N) is 1. The van der Waals surface area contributed by atoms with E-state index >= 15 is 0 Å². The molecule has 1 rings (SSSR count). The molecular weight excluding hydrogens is 234 g/mol. The van der Waals surface area contributed by atoms with Gasteiger partial charge in [0.05, 0.1) is 12.7 Å². The number of phenols is 1. The van der Waals surface area contributed by atoms with E-state index in [1.807, 2.05) is 0 Å². The molecule has 5 nitrogen and oxygen atoms in total. The number of benzene rings is 1. The molecule has 1 N–H and O–H groups in total. The van der Waals surface area contributed by atoms with E-state index in [0.717, 1.165) is 0 Å². The largest absolute Gasteiger partial charge is 0.507 e. The lowest BCUT2D eigenvalue weighted by Crippen LogP contribution is -2.41. The zero-order valence-electron chi connectivity index (χ0n) is 10.7. The van der Waals surface area contributed by atoms with E-state index in [0.29, 0.717) is 0 Å². The first-order valence-electron chi connectivity index (χ1n) is 5.63. The molecule has 18 heavy (non-hydrogen) atoms. The second-order valence-electron chi connectivity index (χ2n) is 4.12. The number of esters is 1. The Morgan fingerprint density at radius 2 is 1.94 bits per heavy atom. The number of hydrogen-bond donors (Lipinski definition) is 1. The van der Waals surface area contributed by atoms with Crippen LogP contribution in [0.5, 0.6) is 5.75 Å². The number of methoxy groups -OCH3 is 1. The summed E-state index contributed by atoms with van der Waals surface area (Å²) in [7, 11) is 1.27. The quantitative estimate of drug-likeness (QED) is 0.822. The lowest BCUT2D eigenvalue weighted by Gasteiger charge is -2.25. The first kappa shape index (κ1) is 14.0. The van der Waals surface area contributed by atoms with Crippen LogP contribution in [0.25, 0.3) is 0 Å². The summed E-state index contributed by atoms with van der Waals surface area (Å²) in [6, 6.07) is 6.07. The number of carbonyl (C=O) groups excluding carboxylic acids is 2. The number of hydrogen-bond acceptors (Lipinski definition) is 4. The molecular formula is C13H17NO4. The Bertz CT molecular complexity index is 442. The highest BCUT2D eigenvalue weighted by atomic mass is 16.5. The number of aromatic hydroxyl groups is 1. The van der Waals surface area contributed by atoms with Gasteiger partial charge in [-0.3, -0.25) is 9.59 Å². The number of phenolic OH excluding ortho intramolecular Hbond substituents is 1. The Labute approximate surface area is 106 Å². The van der Waals surface area contributed by atoms with Crippen molar-refractivity contribution in [3.8, 4) is 5.75 Å². The van der Waals surface area contributed by atoms with E-state index in [1.165, 1.54) is 24.1 Å². The zero-order chi connectivity index (χ0) is 13.7. The van der Waals surface area contributed by atoms with Gasteiger partial charge in [0.25, 0.3) is 5.91 Å². The monoisotopic (exact) mass is 251 g/mol. The second-order valence-corrected chi connectivity index (χ2v) is 4.12. The molecule has 0 atom stereocenters. The summed E-state index contributed by atoms with van der Waals surface area (Å²) in [5, 5.41) is 9.64. The fourth-order valence-corrected chi connectivity index (χ4v) is 1.50. The number of para-hydroxylation sites is 1. The molecule has 5 heteroatoms. The van der Waals surface area contributed by atoms with Crippen molar-refractivity contribution in [3.05, 3.63) is 29.8 Å². The third-order valence-corrected chi connectivity index (χ3v) is 2.55. The van der Waals surface area contributed by atoms with Crippen molar-refractivity contribution < 1.29 is 19.4 Å². The summed E-state index contributed by atoms with van der Waals surface area (Å²) in [5.74, 6) is -0.987. The molecule has 0 unspecified atom stereocenters. The fraction of sp³-hybridized carbons (Fsp3) is 0.385. The van der Waals surface area contributed by atoms with Crippen LogP contribution in [-0.4, -0.2) is 41.6 Å². The van der Waals surface area contributed by atoms with Gasteiger partial charge in [0, 0.05) is 6.04 Å². The molecule has 1 aromatic carbocycles. The third-order valence-electron chi connectivity index (χ3n) is 2.55. The van der Waals surface area contributed by atoms with Crippen molar-refractivity contribution in [2.24, 2.45) is 0 Å². The molecule has 1 amide bonds. The predicted molar refractivity (Wildman–Crippen MR) is 66.3 cm³/mol. The van der Waals surface area contributed by atoms with Crippen LogP contribution in [0.4, 0.5) is 0 Å². The van der Waals surface area contributed by atoms with Crippen molar-refractivity contribution in [1.29, 1.82) is 0 Å². The van der Waals surface area contributed by atoms with Crippen molar-refractivity contribution in [3.63, 3.8) is 0 Å². The van der Waals surface area contributed by atoms with Crippen molar-refractivity contribution in [2.75, 3.05) is 13.7 Å². The summed E-state index contributed by atoms with van der Waals surface area (Å²) in [5.41, 5.74) is 0.176. The Hall–Kier alpha value is -2.04. The van der Waals surface area contributed by atoms with Crippen LogP contribution in [-0.2, 0) is 9.53 Å². The van der Waals surface area contributed by atoms with Crippen LogP contribution < -0.4 is 0 Å². The average molecular weight is 251 g/mol. The van der Waals surface area contributed by atoms with Gasteiger partial charge in [-0.25, -0.2) is 0 Å². The molecule has 0 bridgehead atoms. The molecule has 0 aliphatic heterocycles. The topological polar surface area (TPSA) is 66.8 Å². The van der Waals surface area contributed by atoms with Crippen LogP contribution in [0.1, 0.15) is 24.2 Å². The summed E-state index contributed by atoms with van der Waals surface area (Å²) in [6.07, 6.45) is 0. The maximum absolute atomic E-state index is 12.2. The summed E-state index contributed by atoms with van der Waals surface area (Å²) >= 11 is 0. The van der Waals surface area contributed by atoms with Crippen LogP contribution in [0.15, 0.2) is 24.3 Å². The molecule has 0 radical (unpaired) electrons. The average Bonchev–Trinajstić information content (AvgIpc) is 2.35. The molecule has 0 fully saturated rings. The van der Waals surface area contributed by atoms with E-state index in [1.54, 1.807) is 26.0 Å². The van der Waals surface area contributed by atoms with Crippen LogP contribution in [0, 0.1) is 0 Å². The van der Waals surface area contributed by atoms with E-state index < -0.39 is 11.9 Å². The molecule has 0 saturated heterocycles. The molecule has 0 aliphatic carbocycles. The number of amides is 1. The molecule has 0 saturated carbocycles. The van der Waals surface area contributed by atoms with Gasteiger partial charge in [0.1, 0.15) is 12.3 Å². The van der Waals surface area contributed by atoms with Gasteiger partial charge >= 0.3 is 5.97 Å². The zero-order valence-corrected chi connectivity index (χ0v) is 10.7. The maximum atomic E-state index is 12.2. The fourth-order valence-electron chi connectivity index (χ4n) is 1.50. The molecule has 0 aliphatic rings. The van der Waals surface area contributed by atoms with Crippen LogP contribution in [0.2, 0.25) is 0 Å². The van der Waals surface area contributed by atoms with Gasteiger partial charge in [-0.15, -0.1) is 0 Å². The minimum Gasteiger partial charge on any atom is -0.507 e. The molecule has 0 spiro atoms. The van der Waals surface area contributed by atoms with Crippen molar-refractivity contribution in [1.82, 2.24) is 4.90 Å². The van der Waals surface area contributed by atoms with E-state index in [-0.39, 0.29) is 23.9 Å². The maximum Gasteiger partial charge on any atom is 0.325 e. The van der Waals surface area contributed by atoms with Crippen LogP contribution >= 0.6 is 0 Å². The minimum atomic E-state index is -0.493. The minimum absolute atomic E-state index is 0.0991. The predicted octanol–water partition coefficient (Wildman–Crippen LogP) is 1.42. The lowest BCUT2D eigenvalue weighted by molar-refractivity contribution is -0.141. The number of carbonyl (C=O) groups is 2. The van der Waals surface area contributed by atoms with E-state index in [2.05, 4.69) is 4.74 Å². The van der Waals surface area contributed by atoms with Crippen molar-refractivity contribution in [2.45, 2.75) is 19.9 Å². The highest BCUT2D eigenvalue weighted by Crippen LogP contribution is 2.18. The molecule has 1 aromatic rings. The number of ether oxygens (including phenoxy) is 1. The summed E-state index contributed by atoms with van der Waals surface area (Å²) in [4.78, 5) is 24.8. The highest BCUT2D eigenvalue weighted by molar-refractivity contribution is 5.98. The smallest absolute Gasteiger partial charge is 0.325 e. The van der Waals surface area contributed by atoms with Gasteiger partial charge in [0.15, 0.2) is 0 Å². The third kappa shape index (κ3) is 3.23. The SMILES string of the molecule is COC(=O)CN(C(=O)c1ccccc1O)C(C)C. The normalized spacial score (nSPS) is 10.2. The van der Waals surface area contributed by atoms with E-state index in [9.17, 15) is 14.7 Å². The van der Waals surface area contributed by atoms with Crippen LogP contribution in [0.3, 0.4) is 0 Å². The molecule has 0 aromatic heterocycles. The summed E-state index contributed by atoms with van der Waals surface area (Å²) in [6.45, 7) is 3.45. The van der Waals surface area contributed by atoms with Gasteiger partial charge in [0.2, 0.25) is 0 Å². The van der Waals surface area contributed by atoms with Gasteiger partial charge < -0.3 is 14.7 Å². The van der Waals surface area contributed by atoms with Gasteiger partial charge in [-0.1, -0.05) is 12.1 Å². The van der Waals surface area contributed by atoms with Crippen molar-refractivity contribution >= 4 is 11.9 Å². The lowest BCUT2D eigenvalue weighted by atomic mass is 10.1. The Morgan fingerprint density at radius 3 is 2.44 bits per heavy atom. The molecule has 98 valence electrons. The summed E-state index contributed by atoms with van der Waals surface area (Å²) < 4.78 is 4.55. The van der Waals surface area contributed by atoms with Gasteiger partial charge in [-0.05, 0) is 26.0 Å².